The van der Waals surface area contributed by atoms with Crippen LogP contribution in [0, 0.1) is 0 Å². The Labute approximate surface area is 219 Å². The Hall–Kier alpha value is -3.37. The average molecular weight is 606 g/mol. The molecule has 2 N–H and O–H groups in total. The van der Waals surface area contributed by atoms with Gasteiger partial charge >= 0.3 is 5.97 Å². The summed E-state index contributed by atoms with van der Waals surface area (Å²) < 4.78 is 18.0. The summed E-state index contributed by atoms with van der Waals surface area (Å²) in [6.45, 7) is 2.55. The molecule has 10 heteroatoms. The first kappa shape index (κ1) is 26.2. The second-order valence-corrected chi connectivity index (χ2v) is 8.81. The first-order valence-electron chi connectivity index (χ1n) is 10.4. The maximum atomic E-state index is 12.5. The van der Waals surface area contributed by atoms with Crippen LogP contribution in [0.2, 0.25) is 0 Å². The summed E-state index contributed by atoms with van der Waals surface area (Å²) in [6.07, 6.45) is 1.51. The summed E-state index contributed by atoms with van der Waals surface area (Å²) in [5.41, 5.74) is 4.64. The van der Waals surface area contributed by atoms with Crippen molar-refractivity contribution < 1.29 is 28.9 Å². The van der Waals surface area contributed by atoms with Gasteiger partial charge in [0.05, 0.1) is 34.4 Å². The minimum absolute atomic E-state index is 0.216. The van der Waals surface area contributed by atoms with Gasteiger partial charge in [0.25, 0.3) is 5.91 Å². The van der Waals surface area contributed by atoms with Crippen molar-refractivity contribution in [1.82, 2.24) is 5.43 Å². The number of nitrogens with zero attached hydrogens (tertiary/aromatic N) is 1. The van der Waals surface area contributed by atoms with Gasteiger partial charge in [-0.15, -0.1) is 0 Å². The third-order valence-electron chi connectivity index (χ3n) is 4.71. The summed E-state index contributed by atoms with van der Waals surface area (Å²) in [5.74, 6) is 0.233. The number of hydrazone groups is 1. The monoisotopic (exact) mass is 604 g/mol. The predicted octanol–water partition coefficient (Wildman–Crippen LogP) is 5.66. The molecule has 1 amide bonds. The van der Waals surface area contributed by atoms with Gasteiger partial charge in [-0.3, -0.25) is 4.79 Å². The SMILES string of the molecule is CCOc1cc(C(=O)N/N=C/c2cc(Br)c(OCc3ccc(C(=O)O)cc3)c(Br)c2)ccc1OC. The Morgan fingerprint density at radius 2 is 1.63 bits per heavy atom. The van der Waals surface area contributed by atoms with E-state index in [9.17, 15) is 9.59 Å². The molecule has 0 atom stereocenters. The van der Waals surface area contributed by atoms with E-state index in [4.69, 9.17) is 19.3 Å². The number of methoxy groups -OCH3 is 1. The zero-order valence-corrected chi connectivity index (χ0v) is 22.1. The fraction of sp³-hybridized carbons (Fsp3) is 0.160. The lowest BCUT2D eigenvalue weighted by atomic mass is 10.1. The number of amides is 1. The highest BCUT2D eigenvalue weighted by Crippen LogP contribution is 2.35. The van der Waals surface area contributed by atoms with Gasteiger partial charge in [-0.1, -0.05) is 12.1 Å². The highest BCUT2D eigenvalue weighted by atomic mass is 79.9. The van der Waals surface area contributed by atoms with E-state index in [0.29, 0.717) is 43.9 Å². The largest absolute Gasteiger partial charge is 0.493 e. The Morgan fingerprint density at radius 1 is 0.971 bits per heavy atom. The molecule has 0 aliphatic rings. The number of nitrogens with one attached hydrogen (secondary N) is 1. The molecule has 35 heavy (non-hydrogen) atoms. The summed E-state index contributed by atoms with van der Waals surface area (Å²) >= 11 is 6.98. The van der Waals surface area contributed by atoms with E-state index in [1.54, 1.807) is 42.5 Å². The molecule has 0 aliphatic carbocycles. The third kappa shape index (κ3) is 7.06. The molecule has 182 valence electrons. The van der Waals surface area contributed by atoms with Crippen molar-refractivity contribution in [3.63, 3.8) is 0 Å². The van der Waals surface area contributed by atoms with Gasteiger partial charge < -0.3 is 19.3 Å². The van der Waals surface area contributed by atoms with Gasteiger partial charge in [-0.25, -0.2) is 10.2 Å². The number of rotatable bonds is 10. The van der Waals surface area contributed by atoms with Crippen LogP contribution in [0.4, 0.5) is 0 Å². The van der Waals surface area contributed by atoms with Crippen molar-refractivity contribution in [2.24, 2.45) is 5.10 Å². The smallest absolute Gasteiger partial charge is 0.335 e. The van der Waals surface area contributed by atoms with Crippen molar-refractivity contribution in [1.29, 1.82) is 0 Å². The molecular weight excluding hydrogens is 584 g/mol. The number of carbonyl (C=O) groups excluding carboxylic acids is 1. The number of hydrogen-bond donors (Lipinski definition) is 2. The molecule has 0 saturated heterocycles. The van der Waals surface area contributed by atoms with Crippen LogP contribution in [-0.2, 0) is 6.61 Å². The molecule has 3 rings (SSSR count). The van der Waals surface area contributed by atoms with Crippen LogP contribution >= 0.6 is 31.9 Å². The second kappa shape index (κ2) is 12.4. The molecule has 0 unspecified atom stereocenters. The van der Waals surface area contributed by atoms with Crippen LogP contribution in [0.5, 0.6) is 17.2 Å². The zero-order chi connectivity index (χ0) is 25.4. The van der Waals surface area contributed by atoms with Crippen LogP contribution in [0.1, 0.15) is 38.8 Å². The van der Waals surface area contributed by atoms with Gasteiger partial charge in [-0.2, -0.15) is 5.10 Å². The molecule has 0 aromatic heterocycles. The highest BCUT2D eigenvalue weighted by Gasteiger charge is 2.12. The molecule has 3 aromatic carbocycles. The van der Waals surface area contributed by atoms with Crippen molar-refractivity contribution >= 4 is 50.0 Å². The first-order chi connectivity index (χ1) is 16.8. The lowest BCUT2D eigenvalue weighted by molar-refractivity contribution is 0.0696. The van der Waals surface area contributed by atoms with Crippen molar-refractivity contribution in [2.75, 3.05) is 13.7 Å². The van der Waals surface area contributed by atoms with Crippen LogP contribution in [0.3, 0.4) is 0 Å². The molecule has 3 aromatic rings. The standard InChI is InChI=1S/C25H22Br2N2O6/c1-3-34-22-12-18(8-9-21(22)33-2)24(30)29-28-13-16-10-19(26)23(20(27)11-16)35-14-15-4-6-17(7-5-15)25(31)32/h4-13H,3,14H2,1-2H3,(H,29,30)(H,31,32)/b28-13+. The molecule has 0 saturated carbocycles. The number of halogens is 2. The van der Waals surface area contributed by atoms with E-state index >= 15 is 0 Å². The Morgan fingerprint density at radius 3 is 2.23 bits per heavy atom. The minimum atomic E-state index is -0.976. The summed E-state index contributed by atoms with van der Waals surface area (Å²) in [4.78, 5) is 23.4. The van der Waals surface area contributed by atoms with E-state index in [0.717, 1.165) is 5.56 Å². The van der Waals surface area contributed by atoms with Crippen LogP contribution < -0.4 is 19.6 Å². The number of hydrogen-bond acceptors (Lipinski definition) is 6. The van der Waals surface area contributed by atoms with Gasteiger partial charge in [0.2, 0.25) is 0 Å². The Balaban J connectivity index is 1.64. The third-order valence-corrected chi connectivity index (χ3v) is 5.89. The summed E-state index contributed by atoms with van der Waals surface area (Å²) in [7, 11) is 1.53. The van der Waals surface area contributed by atoms with Crippen LogP contribution in [-0.4, -0.2) is 36.9 Å². The fourth-order valence-corrected chi connectivity index (χ4v) is 4.46. The quantitative estimate of drug-likeness (QED) is 0.228. The topological polar surface area (TPSA) is 106 Å². The number of carbonyl (C=O) groups is 2. The molecule has 0 aliphatic heterocycles. The molecule has 0 fully saturated rings. The lowest BCUT2D eigenvalue weighted by Crippen LogP contribution is -2.17. The van der Waals surface area contributed by atoms with Gasteiger partial charge in [0.1, 0.15) is 12.4 Å². The van der Waals surface area contributed by atoms with Gasteiger partial charge in [-0.05, 0) is 92.4 Å². The summed E-state index contributed by atoms with van der Waals surface area (Å²) in [6, 6.07) is 14.9. The number of carboxylic acid groups (broad SMARTS) is 1. The zero-order valence-electron chi connectivity index (χ0n) is 18.9. The maximum Gasteiger partial charge on any atom is 0.335 e. The Bertz CT molecular complexity index is 1220. The molecular formula is C25H22Br2N2O6. The lowest BCUT2D eigenvalue weighted by Gasteiger charge is -2.12. The van der Waals surface area contributed by atoms with E-state index in [2.05, 4.69) is 42.4 Å². The number of benzene rings is 3. The van der Waals surface area contributed by atoms with E-state index in [1.165, 1.54) is 25.5 Å². The molecule has 0 bridgehead atoms. The number of aromatic carboxylic acids is 1. The van der Waals surface area contributed by atoms with Gasteiger partial charge in [0.15, 0.2) is 11.5 Å². The predicted molar refractivity (Wildman–Crippen MR) is 139 cm³/mol. The Kier molecular flexibility index (Phi) is 9.27. The normalized spacial score (nSPS) is 10.7. The van der Waals surface area contributed by atoms with E-state index < -0.39 is 11.9 Å². The molecule has 0 radical (unpaired) electrons. The number of carboxylic acids is 1. The van der Waals surface area contributed by atoms with Crippen LogP contribution in [0.15, 0.2) is 68.6 Å². The average Bonchev–Trinajstić information content (AvgIpc) is 2.84. The first-order valence-corrected chi connectivity index (χ1v) is 12.0. The molecule has 0 spiro atoms. The number of ether oxygens (including phenoxy) is 3. The molecule has 0 heterocycles. The fourth-order valence-electron chi connectivity index (χ4n) is 3.01. The maximum absolute atomic E-state index is 12.5. The van der Waals surface area contributed by atoms with Crippen molar-refractivity contribution in [3.8, 4) is 17.2 Å². The second-order valence-electron chi connectivity index (χ2n) is 7.10. The summed E-state index contributed by atoms with van der Waals surface area (Å²) in [5, 5.41) is 13.0. The van der Waals surface area contributed by atoms with Gasteiger partial charge in [0, 0.05) is 5.56 Å². The highest BCUT2D eigenvalue weighted by molar-refractivity contribution is 9.11. The molecule has 8 nitrogen and oxygen atoms in total. The van der Waals surface area contributed by atoms with Crippen molar-refractivity contribution in [3.05, 3.63) is 85.8 Å². The van der Waals surface area contributed by atoms with Crippen molar-refractivity contribution in [2.45, 2.75) is 13.5 Å². The minimum Gasteiger partial charge on any atom is -0.493 e. The van der Waals surface area contributed by atoms with E-state index in [1.807, 2.05) is 6.92 Å². The van der Waals surface area contributed by atoms with E-state index in [-0.39, 0.29) is 12.2 Å². The van der Waals surface area contributed by atoms with Crippen LogP contribution in [0.25, 0.3) is 0 Å².